The van der Waals surface area contributed by atoms with Crippen LogP contribution >= 0.6 is 0 Å². The maximum absolute atomic E-state index is 14.9. The zero-order valence-corrected chi connectivity index (χ0v) is 23.3. The highest BCUT2D eigenvalue weighted by Gasteiger charge is 2.54. The van der Waals surface area contributed by atoms with E-state index in [1.54, 1.807) is 29.2 Å². The molecule has 2 aliphatic heterocycles. The number of nitrogens with zero attached hydrogens (tertiary/aromatic N) is 3. The highest BCUT2D eigenvalue weighted by atomic mass is 19.1. The molecule has 5 rings (SSSR count). The molecule has 210 valence electrons. The van der Waals surface area contributed by atoms with Crippen molar-refractivity contribution in [2.24, 2.45) is 4.99 Å². The molecule has 3 atom stereocenters. The van der Waals surface area contributed by atoms with Crippen LogP contribution < -0.4 is 15.0 Å². The molecule has 8 heteroatoms. The van der Waals surface area contributed by atoms with E-state index in [0.717, 1.165) is 32.1 Å². The number of anilines is 1. The summed E-state index contributed by atoms with van der Waals surface area (Å²) >= 11 is 0. The first-order chi connectivity index (χ1) is 18.8. The molecule has 1 N–H and O–H groups in total. The fourth-order valence-electron chi connectivity index (χ4n) is 6.32. The first-order valence-corrected chi connectivity index (χ1v) is 14.4. The second-order valence-electron chi connectivity index (χ2n) is 11.4. The Balaban J connectivity index is 1.40. The lowest BCUT2D eigenvalue weighted by atomic mass is 9.80. The summed E-state index contributed by atoms with van der Waals surface area (Å²) in [4.78, 5) is 21.9. The van der Waals surface area contributed by atoms with Crippen molar-refractivity contribution < 1.29 is 18.3 Å². The van der Waals surface area contributed by atoms with E-state index < -0.39 is 5.54 Å². The minimum atomic E-state index is -0.696. The highest BCUT2D eigenvalue weighted by molar-refractivity contribution is 6.16. The van der Waals surface area contributed by atoms with Crippen molar-refractivity contribution in [3.63, 3.8) is 0 Å². The van der Waals surface area contributed by atoms with Gasteiger partial charge in [0.25, 0.3) is 0 Å². The maximum atomic E-state index is 14.9. The average Bonchev–Trinajstić information content (AvgIpc) is 3.17. The second-order valence-corrected chi connectivity index (χ2v) is 11.4. The Kier molecular flexibility index (Phi) is 8.21. The van der Waals surface area contributed by atoms with Crippen molar-refractivity contribution in [3.05, 3.63) is 59.7 Å². The standard InChI is InChI=1S/C31H40F2N4O2/c1-4-22(3)39-27-13-14-28(33)23(17-27)20-36-16-15-31(19-21(36)2)29(34-25-10-6-5-7-11-25)35-30(38)37(31)26-12-8-9-24(32)18-26/h8-9,12-14,17-18,21-22,25H,4-7,10-11,15-16,19-20H2,1-3H3,(H,34,35,38)/t21-,22+,31?/m0/s1. The lowest BCUT2D eigenvalue weighted by Crippen LogP contribution is -2.63. The first-order valence-electron chi connectivity index (χ1n) is 14.4. The molecule has 2 amide bonds. The summed E-state index contributed by atoms with van der Waals surface area (Å²) in [6.07, 6.45) is 7.82. The molecule has 1 saturated heterocycles. The SMILES string of the molecule is CC[C@@H](C)Oc1ccc(F)c(CN2CCC3(C[C@@H]2C)C(NC2CCCCC2)=NC(=O)N3c2cccc(F)c2)c1. The molecule has 2 aromatic carbocycles. The summed E-state index contributed by atoms with van der Waals surface area (Å²) < 4.78 is 35.1. The van der Waals surface area contributed by atoms with Crippen molar-refractivity contribution in [3.8, 4) is 5.75 Å². The molecule has 0 aromatic heterocycles. The molecule has 2 heterocycles. The number of hydrogen-bond donors (Lipinski definition) is 1. The van der Waals surface area contributed by atoms with E-state index in [0.29, 0.717) is 48.8 Å². The van der Waals surface area contributed by atoms with E-state index in [1.807, 2.05) is 6.92 Å². The lowest BCUT2D eigenvalue weighted by molar-refractivity contribution is 0.120. The summed E-state index contributed by atoms with van der Waals surface area (Å²) in [6.45, 7) is 7.26. The number of nitrogens with one attached hydrogen (secondary N) is 1. The van der Waals surface area contributed by atoms with Crippen LogP contribution in [0.5, 0.6) is 5.75 Å². The summed E-state index contributed by atoms with van der Waals surface area (Å²) in [5, 5.41) is 3.65. The number of urea groups is 1. The van der Waals surface area contributed by atoms with Gasteiger partial charge in [0.15, 0.2) is 0 Å². The van der Waals surface area contributed by atoms with Crippen LogP contribution in [0.4, 0.5) is 19.3 Å². The van der Waals surface area contributed by atoms with Gasteiger partial charge in [-0.05, 0) is 82.3 Å². The Morgan fingerprint density at radius 3 is 2.67 bits per heavy atom. The van der Waals surface area contributed by atoms with Crippen molar-refractivity contribution in [1.29, 1.82) is 0 Å². The van der Waals surface area contributed by atoms with Gasteiger partial charge in [-0.15, -0.1) is 0 Å². The van der Waals surface area contributed by atoms with Crippen LogP contribution in [0.25, 0.3) is 0 Å². The van der Waals surface area contributed by atoms with Gasteiger partial charge in [0.1, 0.15) is 28.8 Å². The number of ether oxygens (including phenoxy) is 1. The second kappa shape index (κ2) is 11.6. The Hall–Kier alpha value is -3.00. The molecule has 1 saturated carbocycles. The normalized spacial score (nSPS) is 25.2. The van der Waals surface area contributed by atoms with Crippen LogP contribution in [0, 0.1) is 11.6 Å². The van der Waals surface area contributed by atoms with Gasteiger partial charge in [-0.25, -0.2) is 13.6 Å². The third-order valence-corrected chi connectivity index (χ3v) is 8.65. The molecule has 39 heavy (non-hydrogen) atoms. The van der Waals surface area contributed by atoms with Crippen LogP contribution in [-0.4, -0.2) is 47.0 Å². The van der Waals surface area contributed by atoms with Crippen LogP contribution in [-0.2, 0) is 6.54 Å². The molecule has 1 unspecified atom stereocenters. The van der Waals surface area contributed by atoms with E-state index in [1.165, 1.54) is 24.6 Å². The molecular weight excluding hydrogens is 498 g/mol. The number of carbonyl (C=O) groups excluding carboxylic acids is 1. The van der Waals surface area contributed by atoms with Crippen molar-refractivity contribution >= 4 is 17.6 Å². The number of likely N-dealkylation sites (tertiary alicyclic amines) is 1. The van der Waals surface area contributed by atoms with Gasteiger partial charge in [0.2, 0.25) is 0 Å². The number of piperidine rings is 1. The van der Waals surface area contributed by atoms with Crippen LogP contribution in [0.2, 0.25) is 0 Å². The summed E-state index contributed by atoms with van der Waals surface area (Å²) in [5.41, 5.74) is 0.418. The quantitative estimate of drug-likeness (QED) is 0.420. The fourth-order valence-corrected chi connectivity index (χ4v) is 6.32. The van der Waals surface area contributed by atoms with Gasteiger partial charge >= 0.3 is 6.03 Å². The van der Waals surface area contributed by atoms with Gasteiger partial charge in [-0.3, -0.25) is 9.80 Å². The molecule has 1 aliphatic carbocycles. The van der Waals surface area contributed by atoms with Gasteiger partial charge in [0.05, 0.1) is 6.10 Å². The minimum absolute atomic E-state index is 0.0256. The van der Waals surface area contributed by atoms with Crippen LogP contribution in [0.1, 0.15) is 77.7 Å². The van der Waals surface area contributed by atoms with E-state index in [4.69, 9.17) is 4.74 Å². The molecule has 0 radical (unpaired) electrons. The highest BCUT2D eigenvalue weighted by Crippen LogP contribution is 2.41. The molecule has 1 spiro atoms. The third-order valence-electron chi connectivity index (χ3n) is 8.65. The summed E-state index contributed by atoms with van der Waals surface area (Å²) in [7, 11) is 0. The number of halogens is 2. The number of hydrogen-bond acceptors (Lipinski definition) is 4. The lowest BCUT2D eigenvalue weighted by Gasteiger charge is -2.48. The largest absolute Gasteiger partial charge is 0.491 e. The van der Waals surface area contributed by atoms with E-state index >= 15 is 0 Å². The predicted octanol–water partition coefficient (Wildman–Crippen LogP) is 6.83. The molecule has 2 fully saturated rings. The van der Waals surface area contributed by atoms with E-state index in [2.05, 4.69) is 29.1 Å². The van der Waals surface area contributed by atoms with Crippen LogP contribution in [0.3, 0.4) is 0 Å². The molecular formula is C31H40F2N4O2. The van der Waals surface area contributed by atoms with Crippen molar-refractivity contribution in [2.75, 3.05) is 11.4 Å². The predicted molar refractivity (Wildman–Crippen MR) is 150 cm³/mol. The number of aliphatic imine (C=N–C) groups is 1. The van der Waals surface area contributed by atoms with Crippen molar-refractivity contribution in [1.82, 2.24) is 10.2 Å². The Morgan fingerprint density at radius 1 is 1.15 bits per heavy atom. The van der Waals surface area contributed by atoms with E-state index in [-0.39, 0.29) is 35.9 Å². The average molecular weight is 539 g/mol. The van der Waals surface area contributed by atoms with Gasteiger partial charge in [-0.1, -0.05) is 32.3 Å². The third kappa shape index (κ3) is 5.81. The van der Waals surface area contributed by atoms with Gasteiger partial charge in [-0.2, -0.15) is 4.99 Å². The molecule has 2 aromatic rings. The topological polar surface area (TPSA) is 57.2 Å². The molecule has 0 bridgehead atoms. The number of benzene rings is 2. The zero-order valence-electron chi connectivity index (χ0n) is 23.3. The Labute approximate surface area is 230 Å². The fraction of sp³-hybridized carbons (Fsp3) is 0.548. The smallest absolute Gasteiger partial charge is 0.350 e. The molecule has 6 nitrogen and oxygen atoms in total. The van der Waals surface area contributed by atoms with Gasteiger partial charge in [0, 0.05) is 36.4 Å². The van der Waals surface area contributed by atoms with Crippen molar-refractivity contribution in [2.45, 2.75) is 102 Å². The Morgan fingerprint density at radius 2 is 1.95 bits per heavy atom. The number of amidine groups is 1. The molecule has 3 aliphatic rings. The first kappa shape index (κ1) is 27.6. The Bertz CT molecular complexity index is 1210. The number of carbonyl (C=O) groups is 1. The minimum Gasteiger partial charge on any atom is -0.491 e. The monoisotopic (exact) mass is 538 g/mol. The number of rotatable bonds is 7. The summed E-state index contributed by atoms with van der Waals surface area (Å²) in [6, 6.07) is 11.1. The van der Waals surface area contributed by atoms with E-state index in [9.17, 15) is 13.6 Å². The number of amides is 2. The van der Waals surface area contributed by atoms with Gasteiger partial charge < -0.3 is 10.1 Å². The summed E-state index contributed by atoms with van der Waals surface area (Å²) in [5.74, 6) is 0.735. The maximum Gasteiger partial charge on any atom is 0.350 e. The van der Waals surface area contributed by atoms with Crippen LogP contribution in [0.15, 0.2) is 47.5 Å². The zero-order chi connectivity index (χ0) is 27.6.